The average molecular weight is 314 g/mol. The fourth-order valence-electron chi connectivity index (χ4n) is 3.35. The van der Waals surface area contributed by atoms with E-state index in [0.29, 0.717) is 5.75 Å². The van der Waals surface area contributed by atoms with E-state index in [2.05, 4.69) is 25.1 Å². The molecule has 2 heteroatoms. The number of hydrogen-bond acceptors (Lipinski definition) is 2. The van der Waals surface area contributed by atoms with Gasteiger partial charge < -0.3 is 4.74 Å². The zero-order valence-corrected chi connectivity index (χ0v) is 14.6. The van der Waals surface area contributed by atoms with Crippen LogP contribution in [0, 0.1) is 5.92 Å². The third-order valence-electron chi connectivity index (χ3n) is 4.72. The molecular weight excluding hydrogens is 284 g/mol. The van der Waals surface area contributed by atoms with E-state index in [1.165, 1.54) is 75.8 Å². The van der Waals surface area contributed by atoms with Crippen LogP contribution in [-0.2, 0) is 4.79 Å². The van der Waals surface area contributed by atoms with Gasteiger partial charge in [-0.1, -0.05) is 63.7 Å². The van der Waals surface area contributed by atoms with Crippen molar-refractivity contribution >= 4 is 11.5 Å². The van der Waals surface area contributed by atoms with Crippen LogP contribution in [0.15, 0.2) is 30.3 Å². The summed E-state index contributed by atoms with van der Waals surface area (Å²) < 4.78 is 5.09. The lowest BCUT2D eigenvalue weighted by Gasteiger charge is -2.22. The second-order valence-corrected chi connectivity index (χ2v) is 6.69. The standard InChI is InChI=1S/C21H30O2/c1-3-4-5-6-7-8-18-9-11-19(12-10-18)20-13-15-21(16-14-20)23-17(2)22/h11,13-16,18H,3-10,12H2,1-2H3. The molecule has 0 aliphatic heterocycles. The van der Waals surface area contributed by atoms with Gasteiger partial charge in [-0.05, 0) is 48.4 Å². The van der Waals surface area contributed by atoms with E-state index in [0.717, 1.165) is 5.92 Å². The van der Waals surface area contributed by atoms with Crippen molar-refractivity contribution in [1.82, 2.24) is 0 Å². The van der Waals surface area contributed by atoms with Crippen LogP contribution in [0.4, 0.5) is 0 Å². The Morgan fingerprint density at radius 2 is 1.87 bits per heavy atom. The summed E-state index contributed by atoms with van der Waals surface area (Å²) in [6, 6.07) is 7.90. The summed E-state index contributed by atoms with van der Waals surface area (Å²) in [5.41, 5.74) is 2.71. The minimum atomic E-state index is -0.267. The first-order valence-electron chi connectivity index (χ1n) is 9.17. The van der Waals surface area contributed by atoms with Crippen LogP contribution in [0.5, 0.6) is 5.75 Å². The Hall–Kier alpha value is -1.57. The fraction of sp³-hybridized carbons (Fsp3) is 0.571. The summed E-state index contributed by atoms with van der Waals surface area (Å²) in [7, 11) is 0. The highest BCUT2D eigenvalue weighted by atomic mass is 16.5. The monoisotopic (exact) mass is 314 g/mol. The molecule has 0 fully saturated rings. The van der Waals surface area contributed by atoms with E-state index < -0.39 is 0 Å². The predicted molar refractivity (Wildman–Crippen MR) is 96.4 cm³/mol. The summed E-state index contributed by atoms with van der Waals surface area (Å²) in [6.07, 6.45) is 14.4. The number of carbonyl (C=O) groups excluding carboxylic acids is 1. The zero-order chi connectivity index (χ0) is 16.5. The zero-order valence-electron chi connectivity index (χ0n) is 14.6. The van der Waals surface area contributed by atoms with Gasteiger partial charge in [-0.3, -0.25) is 4.79 Å². The Kier molecular flexibility index (Phi) is 7.38. The molecule has 2 rings (SSSR count). The lowest BCUT2D eigenvalue weighted by atomic mass is 9.84. The van der Waals surface area contributed by atoms with E-state index in [1.807, 2.05) is 12.1 Å². The summed E-state index contributed by atoms with van der Waals surface area (Å²) in [5.74, 6) is 1.24. The third kappa shape index (κ3) is 6.21. The Bertz CT molecular complexity index is 513. The molecule has 0 spiro atoms. The number of allylic oxidation sites excluding steroid dienone is 2. The number of carbonyl (C=O) groups is 1. The van der Waals surface area contributed by atoms with Crippen LogP contribution in [0.1, 0.15) is 77.2 Å². The first kappa shape index (κ1) is 17.8. The SMILES string of the molecule is CCCCCCCC1CC=C(c2ccc(OC(C)=O)cc2)CC1. The van der Waals surface area contributed by atoms with Crippen LogP contribution in [0.3, 0.4) is 0 Å². The van der Waals surface area contributed by atoms with Crippen molar-refractivity contribution in [2.45, 2.75) is 71.6 Å². The lowest BCUT2D eigenvalue weighted by molar-refractivity contribution is -0.131. The second-order valence-electron chi connectivity index (χ2n) is 6.69. The first-order valence-corrected chi connectivity index (χ1v) is 9.17. The molecule has 0 heterocycles. The van der Waals surface area contributed by atoms with E-state index in [4.69, 9.17) is 4.74 Å². The van der Waals surface area contributed by atoms with Crippen molar-refractivity contribution in [2.24, 2.45) is 5.92 Å². The van der Waals surface area contributed by atoms with Crippen LogP contribution < -0.4 is 4.74 Å². The Balaban J connectivity index is 1.78. The minimum absolute atomic E-state index is 0.267. The van der Waals surface area contributed by atoms with Gasteiger partial charge in [0.05, 0.1) is 0 Å². The summed E-state index contributed by atoms with van der Waals surface area (Å²) >= 11 is 0. The lowest BCUT2D eigenvalue weighted by Crippen LogP contribution is -2.06. The molecule has 0 N–H and O–H groups in total. The fourth-order valence-corrected chi connectivity index (χ4v) is 3.35. The second kappa shape index (κ2) is 9.54. The van der Waals surface area contributed by atoms with Crippen LogP contribution in [0.2, 0.25) is 0 Å². The maximum atomic E-state index is 10.9. The predicted octanol–water partition coefficient (Wildman–Crippen LogP) is 6.16. The van der Waals surface area contributed by atoms with E-state index >= 15 is 0 Å². The summed E-state index contributed by atoms with van der Waals surface area (Å²) in [6.45, 7) is 3.70. The molecular formula is C21H30O2. The smallest absolute Gasteiger partial charge is 0.308 e. The van der Waals surface area contributed by atoms with Crippen molar-refractivity contribution in [3.8, 4) is 5.75 Å². The number of benzene rings is 1. The van der Waals surface area contributed by atoms with Gasteiger partial charge >= 0.3 is 5.97 Å². The van der Waals surface area contributed by atoms with Gasteiger partial charge in [0, 0.05) is 6.92 Å². The molecule has 1 atom stereocenters. The normalized spacial score (nSPS) is 17.7. The molecule has 0 radical (unpaired) electrons. The molecule has 1 aliphatic rings. The van der Waals surface area contributed by atoms with Crippen molar-refractivity contribution in [3.63, 3.8) is 0 Å². The molecule has 0 amide bonds. The summed E-state index contributed by atoms with van der Waals surface area (Å²) in [4.78, 5) is 10.9. The third-order valence-corrected chi connectivity index (χ3v) is 4.72. The van der Waals surface area contributed by atoms with Crippen molar-refractivity contribution in [1.29, 1.82) is 0 Å². The van der Waals surface area contributed by atoms with Crippen molar-refractivity contribution in [3.05, 3.63) is 35.9 Å². The van der Waals surface area contributed by atoms with Gasteiger partial charge in [0.15, 0.2) is 0 Å². The van der Waals surface area contributed by atoms with Crippen LogP contribution in [-0.4, -0.2) is 5.97 Å². The molecule has 2 nitrogen and oxygen atoms in total. The Morgan fingerprint density at radius 3 is 2.48 bits per heavy atom. The summed E-state index contributed by atoms with van der Waals surface area (Å²) in [5, 5.41) is 0. The first-order chi connectivity index (χ1) is 11.2. The average Bonchev–Trinajstić information content (AvgIpc) is 2.55. The topological polar surface area (TPSA) is 26.3 Å². The maximum Gasteiger partial charge on any atom is 0.308 e. The Labute approximate surface area is 140 Å². The molecule has 1 aromatic carbocycles. The molecule has 1 unspecified atom stereocenters. The minimum Gasteiger partial charge on any atom is -0.427 e. The van der Waals surface area contributed by atoms with E-state index in [9.17, 15) is 4.79 Å². The molecule has 126 valence electrons. The number of rotatable bonds is 8. The van der Waals surface area contributed by atoms with Gasteiger partial charge in [0.2, 0.25) is 0 Å². The molecule has 0 bridgehead atoms. The number of hydrogen-bond donors (Lipinski definition) is 0. The van der Waals surface area contributed by atoms with Crippen LogP contribution in [0.25, 0.3) is 5.57 Å². The quantitative estimate of drug-likeness (QED) is 0.326. The number of ether oxygens (including phenoxy) is 1. The molecule has 0 saturated carbocycles. The number of esters is 1. The molecule has 0 aromatic heterocycles. The van der Waals surface area contributed by atoms with Gasteiger partial charge in [-0.2, -0.15) is 0 Å². The van der Waals surface area contributed by atoms with Crippen LogP contribution >= 0.6 is 0 Å². The highest BCUT2D eigenvalue weighted by Gasteiger charge is 2.15. The van der Waals surface area contributed by atoms with Gasteiger partial charge in [-0.25, -0.2) is 0 Å². The van der Waals surface area contributed by atoms with Crippen molar-refractivity contribution in [2.75, 3.05) is 0 Å². The molecule has 23 heavy (non-hydrogen) atoms. The molecule has 0 saturated heterocycles. The highest BCUT2D eigenvalue weighted by molar-refractivity contribution is 5.70. The highest BCUT2D eigenvalue weighted by Crippen LogP contribution is 2.33. The molecule has 1 aromatic rings. The van der Waals surface area contributed by atoms with Crippen molar-refractivity contribution < 1.29 is 9.53 Å². The van der Waals surface area contributed by atoms with E-state index in [1.54, 1.807) is 0 Å². The Morgan fingerprint density at radius 1 is 1.13 bits per heavy atom. The van der Waals surface area contributed by atoms with Gasteiger partial charge in [-0.15, -0.1) is 0 Å². The molecule has 1 aliphatic carbocycles. The maximum absolute atomic E-state index is 10.9. The van der Waals surface area contributed by atoms with Gasteiger partial charge in [0.1, 0.15) is 5.75 Å². The van der Waals surface area contributed by atoms with E-state index in [-0.39, 0.29) is 5.97 Å². The largest absolute Gasteiger partial charge is 0.427 e. The number of unbranched alkanes of at least 4 members (excludes halogenated alkanes) is 4. The van der Waals surface area contributed by atoms with Gasteiger partial charge in [0.25, 0.3) is 0 Å².